The molecule has 0 aliphatic heterocycles. The molecule has 0 heterocycles. The third kappa shape index (κ3) is 5.33. The number of benzene rings is 2. The predicted octanol–water partition coefficient (Wildman–Crippen LogP) is 3.69. The monoisotopic (exact) mass is 403 g/mol. The van der Waals surface area contributed by atoms with E-state index >= 15 is 0 Å². The van der Waals surface area contributed by atoms with Crippen molar-refractivity contribution in [3.63, 3.8) is 0 Å². The van der Waals surface area contributed by atoms with Gasteiger partial charge in [-0.3, -0.25) is 4.79 Å². The Morgan fingerprint density at radius 2 is 1.57 bits per heavy atom. The zero-order valence-corrected chi connectivity index (χ0v) is 18.0. The molecule has 0 bridgehead atoms. The first kappa shape index (κ1) is 21.9. The molecule has 0 unspecified atom stereocenters. The minimum Gasteiger partial charge on any atom is -0.376 e. The molecule has 0 atom stereocenters. The Bertz CT molecular complexity index is 931. The quantitative estimate of drug-likeness (QED) is 0.705. The van der Waals surface area contributed by atoms with Crippen molar-refractivity contribution in [3.05, 3.63) is 53.1 Å². The van der Waals surface area contributed by atoms with E-state index in [9.17, 15) is 13.2 Å². The van der Waals surface area contributed by atoms with Crippen LogP contribution in [0.15, 0.2) is 41.3 Å². The fraction of sp³-hybridized carbons (Fsp3) is 0.381. The van der Waals surface area contributed by atoms with Gasteiger partial charge in [-0.15, -0.1) is 0 Å². The van der Waals surface area contributed by atoms with Crippen LogP contribution in [0.1, 0.15) is 30.5 Å². The molecule has 2 N–H and O–H groups in total. The number of nitrogens with zero attached hydrogens (tertiary/aromatic N) is 1. The summed E-state index contributed by atoms with van der Waals surface area (Å²) in [6, 6.07) is 10.8. The van der Waals surface area contributed by atoms with Crippen molar-refractivity contribution in [2.24, 2.45) is 0 Å². The highest BCUT2D eigenvalue weighted by molar-refractivity contribution is 7.89. The Hall–Kier alpha value is -2.38. The summed E-state index contributed by atoms with van der Waals surface area (Å²) in [4.78, 5) is 12.6. The topological polar surface area (TPSA) is 78.5 Å². The highest BCUT2D eigenvalue weighted by Crippen LogP contribution is 2.23. The molecule has 2 aromatic carbocycles. The first-order valence-corrected chi connectivity index (χ1v) is 10.8. The van der Waals surface area contributed by atoms with Gasteiger partial charge in [0.15, 0.2) is 0 Å². The van der Waals surface area contributed by atoms with E-state index in [1.807, 2.05) is 32.9 Å². The summed E-state index contributed by atoms with van der Waals surface area (Å²) in [5, 5.41) is 5.92. The summed E-state index contributed by atoms with van der Waals surface area (Å²) in [6.07, 6.45) is 0. The van der Waals surface area contributed by atoms with E-state index in [1.54, 1.807) is 26.0 Å². The van der Waals surface area contributed by atoms with Gasteiger partial charge in [0.05, 0.1) is 11.4 Å². The number of amides is 1. The van der Waals surface area contributed by atoms with Gasteiger partial charge in [-0.25, -0.2) is 8.42 Å². The second-order valence-electron chi connectivity index (χ2n) is 6.84. The van der Waals surface area contributed by atoms with Gasteiger partial charge in [0, 0.05) is 24.5 Å². The van der Waals surface area contributed by atoms with Gasteiger partial charge in [0.1, 0.15) is 0 Å². The number of anilines is 2. The van der Waals surface area contributed by atoms with Crippen LogP contribution in [0.2, 0.25) is 0 Å². The van der Waals surface area contributed by atoms with Gasteiger partial charge >= 0.3 is 0 Å². The van der Waals surface area contributed by atoms with E-state index in [0.29, 0.717) is 18.8 Å². The molecule has 7 heteroatoms. The Morgan fingerprint density at radius 1 is 0.964 bits per heavy atom. The molecular formula is C21H29N3O3S. The van der Waals surface area contributed by atoms with Gasteiger partial charge in [-0.1, -0.05) is 26.0 Å². The second kappa shape index (κ2) is 9.21. The SMILES string of the molecule is CCN(CC)S(=O)(=O)c1ccc(C)c(NC(=O)CNc2cc(C)cc(C)c2)c1. The van der Waals surface area contributed by atoms with Crippen molar-refractivity contribution < 1.29 is 13.2 Å². The maximum Gasteiger partial charge on any atom is 0.243 e. The minimum absolute atomic E-state index is 0.0926. The summed E-state index contributed by atoms with van der Waals surface area (Å²) < 4.78 is 26.8. The Balaban J connectivity index is 2.14. The van der Waals surface area contributed by atoms with E-state index in [0.717, 1.165) is 22.4 Å². The number of aryl methyl sites for hydroxylation is 3. The van der Waals surface area contributed by atoms with Crippen LogP contribution in [0.3, 0.4) is 0 Å². The second-order valence-corrected chi connectivity index (χ2v) is 8.78. The molecule has 0 aliphatic carbocycles. The van der Waals surface area contributed by atoms with E-state index in [4.69, 9.17) is 0 Å². The van der Waals surface area contributed by atoms with Gasteiger partial charge < -0.3 is 10.6 Å². The van der Waals surface area contributed by atoms with Crippen LogP contribution in [0.4, 0.5) is 11.4 Å². The van der Waals surface area contributed by atoms with Gasteiger partial charge in [0.25, 0.3) is 0 Å². The van der Waals surface area contributed by atoms with Gasteiger partial charge in [0.2, 0.25) is 15.9 Å². The van der Waals surface area contributed by atoms with E-state index < -0.39 is 10.0 Å². The van der Waals surface area contributed by atoms with Gasteiger partial charge in [-0.05, 0) is 61.7 Å². The minimum atomic E-state index is -3.57. The van der Waals surface area contributed by atoms with Crippen LogP contribution in [0.5, 0.6) is 0 Å². The molecule has 2 aromatic rings. The van der Waals surface area contributed by atoms with Crippen molar-refractivity contribution in [3.8, 4) is 0 Å². The number of hydrogen-bond donors (Lipinski definition) is 2. The lowest BCUT2D eigenvalue weighted by Gasteiger charge is -2.19. The molecule has 0 saturated carbocycles. The number of nitrogens with one attached hydrogen (secondary N) is 2. The molecule has 0 spiro atoms. The third-order valence-corrected chi connectivity index (χ3v) is 6.55. The fourth-order valence-corrected chi connectivity index (χ4v) is 4.55. The van der Waals surface area contributed by atoms with Crippen molar-refractivity contribution in [1.82, 2.24) is 4.31 Å². The third-order valence-electron chi connectivity index (χ3n) is 4.50. The largest absolute Gasteiger partial charge is 0.376 e. The molecule has 28 heavy (non-hydrogen) atoms. The Kier molecular flexibility index (Phi) is 7.21. The first-order chi connectivity index (χ1) is 13.2. The van der Waals surface area contributed by atoms with Crippen LogP contribution in [-0.2, 0) is 14.8 Å². The first-order valence-electron chi connectivity index (χ1n) is 9.40. The summed E-state index contributed by atoms with van der Waals surface area (Å²) in [5.41, 5.74) is 4.42. The highest BCUT2D eigenvalue weighted by Gasteiger charge is 2.22. The number of carbonyl (C=O) groups is 1. The summed E-state index contributed by atoms with van der Waals surface area (Å²) in [5.74, 6) is -0.236. The van der Waals surface area contributed by atoms with Crippen molar-refractivity contribution in [1.29, 1.82) is 0 Å². The zero-order valence-electron chi connectivity index (χ0n) is 17.2. The lowest BCUT2D eigenvalue weighted by molar-refractivity contribution is -0.114. The van der Waals surface area contributed by atoms with E-state index in [-0.39, 0.29) is 17.3 Å². The Morgan fingerprint density at radius 3 is 2.14 bits per heavy atom. The van der Waals surface area contributed by atoms with Crippen LogP contribution in [0, 0.1) is 20.8 Å². The van der Waals surface area contributed by atoms with Crippen LogP contribution >= 0.6 is 0 Å². The molecule has 2 rings (SSSR count). The molecule has 0 saturated heterocycles. The van der Waals surface area contributed by atoms with Crippen LogP contribution in [0.25, 0.3) is 0 Å². The van der Waals surface area contributed by atoms with Crippen molar-refractivity contribution >= 4 is 27.3 Å². The van der Waals surface area contributed by atoms with Crippen LogP contribution < -0.4 is 10.6 Å². The maximum absolute atomic E-state index is 12.7. The van der Waals surface area contributed by atoms with Gasteiger partial charge in [-0.2, -0.15) is 4.31 Å². The zero-order chi connectivity index (χ0) is 20.9. The summed E-state index contributed by atoms with van der Waals surface area (Å²) in [7, 11) is -3.57. The lowest BCUT2D eigenvalue weighted by Crippen LogP contribution is -2.30. The summed E-state index contributed by atoms with van der Waals surface area (Å²) >= 11 is 0. The number of hydrogen-bond acceptors (Lipinski definition) is 4. The summed E-state index contributed by atoms with van der Waals surface area (Å²) in [6.45, 7) is 10.3. The number of carbonyl (C=O) groups excluding carboxylic acids is 1. The molecular weight excluding hydrogens is 374 g/mol. The molecule has 6 nitrogen and oxygen atoms in total. The molecule has 0 aromatic heterocycles. The smallest absolute Gasteiger partial charge is 0.243 e. The van der Waals surface area contributed by atoms with E-state index in [1.165, 1.54) is 10.4 Å². The van der Waals surface area contributed by atoms with Crippen LogP contribution in [-0.4, -0.2) is 38.3 Å². The number of rotatable bonds is 8. The molecule has 0 fully saturated rings. The predicted molar refractivity (Wildman–Crippen MR) is 114 cm³/mol. The molecule has 1 amide bonds. The molecule has 152 valence electrons. The van der Waals surface area contributed by atoms with Crippen molar-refractivity contribution in [2.45, 2.75) is 39.5 Å². The molecule has 0 aliphatic rings. The van der Waals surface area contributed by atoms with Crippen molar-refractivity contribution in [2.75, 3.05) is 30.3 Å². The Labute approximate surface area is 168 Å². The highest BCUT2D eigenvalue weighted by atomic mass is 32.2. The normalized spacial score (nSPS) is 11.5. The standard InChI is InChI=1S/C21H29N3O3S/c1-6-24(7-2)28(26,27)19-9-8-17(5)20(13-19)23-21(25)14-22-18-11-15(3)10-16(4)12-18/h8-13,22H,6-7,14H2,1-5H3,(H,23,25). The fourth-order valence-electron chi connectivity index (χ4n) is 3.06. The average Bonchev–Trinajstić information content (AvgIpc) is 2.61. The average molecular weight is 404 g/mol. The molecule has 0 radical (unpaired) electrons. The lowest BCUT2D eigenvalue weighted by atomic mass is 10.1. The maximum atomic E-state index is 12.7. The van der Waals surface area contributed by atoms with E-state index in [2.05, 4.69) is 16.7 Å². The number of sulfonamides is 1.